The number of nitrogens with one attached hydrogen (secondary N) is 1. The van der Waals surface area contributed by atoms with Crippen LogP contribution in [0.2, 0.25) is 0 Å². The van der Waals surface area contributed by atoms with Gasteiger partial charge in [-0.3, -0.25) is 0 Å². The molecule has 0 bridgehead atoms. The van der Waals surface area contributed by atoms with Crippen LogP contribution in [0.15, 0.2) is 42.5 Å². The summed E-state index contributed by atoms with van der Waals surface area (Å²) in [6, 6.07) is 13.8. The number of hydrogen-bond acceptors (Lipinski definition) is 4. The molecule has 0 aromatic heterocycles. The van der Waals surface area contributed by atoms with Crippen molar-refractivity contribution < 1.29 is 14.6 Å². The van der Waals surface area contributed by atoms with Gasteiger partial charge in [-0.2, -0.15) is 0 Å². The minimum absolute atomic E-state index is 0.195. The van der Waals surface area contributed by atoms with E-state index in [9.17, 15) is 5.11 Å². The Morgan fingerprint density at radius 2 is 2.04 bits per heavy atom. The Balaban J connectivity index is 2.00. The van der Waals surface area contributed by atoms with E-state index in [1.165, 1.54) is 5.56 Å². The molecule has 4 nitrogen and oxygen atoms in total. The Morgan fingerprint density at radius 1 is 1.26 bits per heavy atom. The van der Waals surface area contributed by atoms with Crippen LogP contribution in [0.25, 0.3) is 0 Å². The predicted molar refractivity (Wildman–Crippen MR) is 90.1 cm³/mol. The second kappa shape index (κ2) is 6.22. The Morgan fingerprint density at radius 3 is 2.78 bits per heavy atom. The highest BCUT2D eigenvalue weighted by atomic mass is 16.5. The molecular formula is C19H23NO3. The Kier molecular flexibility index (Phi) is 4.28. The van der Waals surface area contributed by atoms with Crippen LogP contribution in [0.4, 0.5) is 0 Å². The number of fused-ring (bicyclic) bond motifs is 1. The number of hydrogen-bond donors (Lipinski definition) is 2. The molecule has 0 aliphatic carbocycles. The van der Waals surface area contributed by atoms with E-state index in [0.29, 0.717) is 6.54 Å². The monoisotopic (exact) mass is 313 g/mol. The molecule has 3 rings (SSSR count). The molecular weight excluding hydrogens is 290 g/mol. The van der Waals surface area contributed by atoms with Gasteiger partial charge in [0.2, 0.25) is 0 Å². The Hall–Kier alpha value is -2.04. The van der Waals surface area contributed by atoms with Crippen LogP contribution < -0.4 is 14.8 Å². The van der Waals surface area contributed by atoms with Gasteiger partial charge < -0.3 is 19.9 Å². The standard InChI is InChI=1S/C19H23NO3/c1-13-8-9-16(14(2)10-13)23-18-15-6-4-5-7-17(15)22-12-19(18,21)11-20-3/h4-10,18,20-21H,11-12H2,1-3H3/t18-,19-/m1/s1. The summed E-state index contributed by atoms with van der Waals surface area (Å²) in [5, 5.41) is 14.1. The number of ether oxygens (including phenoxy) is 2. The second-order valence-electron chi connectivity index (χ2n) is 6.23. The molecule has 4 heteroatoms. The molecule has 0 radical (unpaired) electrons. The molecule has 1 aliphatic rings. The van der Waals surface area contributed by atoms with Crippen molar-refractivity contribution in [1.29, 1.82) is 0 Å². The number of para-hydroxylation sites is 1. The highest BCUT2D eigenvalue weighted by Gasteiger charge is 2.45. The zero-order valence-corrected chi connectivity index (χ0v) is 13.8. The molecule has 2 atom stereocenters. The lowest BCUT2D eigenvalue weighted by molar-refractivity contribution is -0.101. The van der Waals surface area contributed by atoms with Crippen molar-refractivity contribution in [2.75, 3.05) is 20.2 Å². The van der Waals surface area contributed by atoms with Crippen molar-refractivity contribution in [2.24, 2.45) is 0 Å². The minimum Gasteiger partial charge on any atom is -0.490 e. The van der Waals surface area contributed by atoms with E-state index >= 15 is 0 Å². The molecule has 0 spiro atoms. The van der Waals surface area contributed by atoms with Crippen molar-refractivity contribution in [1.82, 2.24) is 5.32 Å². The van der Waals surface area contributed by atoms with E-state index < -0.39 is 11.7 Å². The van der Waals surface area contributed by atoms with Crippen LogP contribution in [0, 0.1) is 13.8 Å². The fraction of sp³-hybridized carbons (Fsp3) is 0.368. The summed E-state index contributed by atoms with van der Waals surface area (Å²) < 4.78 is 12.0. The first-order valence-electron chi connectivity index (χ1n) is 7.86. The van der Waals surface area contributed by atoms with Crippen molar-refractivity contribution in [3.63, 3.8) is 0 Å². The lowest BCUT2D eigenvalue weighted by Gasteiger charge is -2.40. The summed E-state index contributed by atoms with van der Waals surface area (Å²) in [5.74, 6) is 1.55. The largest absolute Gasteiger partial charge is 0.490 e. The van der Waals surface area contributed by atoms with Crippen LogP contribution >= 0.6 is 0 Å². The minimum atomic E-state index is -1.12. The topological polar surface area (TPSA) is 50.7 Å². The molecule has 0 saturated carbocycles. The number of rotatable bonds is 4. The first-order chi connectivity index (χ1) is 11.0. The van der Waals surface area contributed by atoms with Crippen molar-refractivity contribution >= 4 is 0 Å². The third kappa shape index (κ3) is 3.05. The average Bonchev–Trinajstić information content (AvgIpc) is 2.52. The zero-order valence-electron chi connectivity index (χ0n) is 13.8. The van der Waals surface area contributed by atoms with Gasteiger partial charge in [-0.25, -0.2) is 0 Å². The third-order valence-electron chi connectivity index (χ3n) is 4.23. The molecule has 2 aromatic carbocycles. The Labute approximate surface area is 137 Å². The second-order valence-corrected chi connectivity index (χ2v) is 6.23. The lowest BCUT2D eigenvalue weighted by Crippen LogP contribution is -2.53. The fourth-order valence-electron chi connectivity index (χ4n) is 3.08. The van der Waals surface area contributed by atoms with E-state index in [1.54, 1.807) is 0 Å². The summed E-state index contributed by atoms with van der Waals surface area (Å²) in [5.41, 5.74) is 1.99. The molecule has 2 aromatic rings. The first kappa shape index (κ1) is 15.8. The van der Waals surface area contributed by atoms with Crippen LogP contribution in [0.1, 0.15) is 22.8 Å². The normalized spacial score (nSPS) is 23.0. The van der Waals surface area contributed by atoms with Gasteiger partial charge in [0.05, 0.1) is 0 Å². The molecule has 0 fully saturated rings. The van der Waals surface area contributed by atoms with Gasteiger partial charge in [0.15, 0.2) is 11.7 Å². The fourth-order valence-corrected chi connectivity index (χ4v) is 3.08. The summed E-state index contributed by atoms with van der Waals surface area (Å²) >= 11 is 0. The lowest BCUT2D eigenvalue weighted by atomic mass is 9.88. The van der Waals surface area contributed by atoms with Gasteiger partial charge in [0.25, 0.3) is 0 Å². The smallest absolute Gasteiger partial charge is 0.160 e. The number of benzene rings is 2. The van der Waals surface area contributed by atoms with E-state index in [4.69, 9.17) is 9.47 Å². The molecule has 1 aliphatic heterocycles. The van der Waals surface area contributed by atoms with Crippen LogP contribution in [-0.2, 0) is 0 Å². The highest BCUT2D eigenvalue weighted by molar-refractivity contribution is 5.42. The molecule has 0 unspecified atom stereocenters. The number of aliphatic hydroxyl groups is 1. The van der Waals surface area contributed by atoms with Crippen molar-refractivity contribution in [2.45, 2.75) is 25.6 Å². The van der Waals surface area contributed by atoms with E-state index in [1.807, 2.05) is 50.4 Å². The van der Waals surface area contributed by atoms with Gasteiger partial charge in [0, 0.05) is 12.1 Å². The number of likely N-dealkylation sites (N-methyl/N-ethyl adjacent to an activating group) is 1. The summed E-state index contributed by atoms with van der Waals surface area (Å²) in [7, 11) is 1.81. The summed E-state index contributed by atoms with van der Waals surface area (Å²) in [6.45, 7) is 4.65. The van der Waals surface area contributed by atoms with Gasteiger partial charge >= 0.3 is 0 Å². The first-order valence-corrected chi connectivity index (χ1v) is 7.86. The molecule has 23 heavy (non-hydrogen) atoms. The van der Waals surface area contributed by atoms with Gasteiger partial charge in [-0.05, 0) is 38.6 Å². The Bertz CT molecular complexity index is 701. The molecule has 0 amide bonds. The van der Waals surface area contributed by atoms with Crippen molar-refractivity contribution in [3.05, 3.63) is 59.2 Å². The van der Waals surface area contributed by atoms with Gasteiger partial charge in [-0.1, -0.05) is 35.9 Å². The SMILES string of the molecule is CNC[C@@]1(O)COc2ccccc2[C@H]1Oc1ccc(C)cc1C. The summed E-state index contributed by atoms with van der Waals surface area (Å²) in [4.78, 5) is 0. The van der Waals surface area contributed by atoms with E-state index in [-0.39, 0.29) is 6.61 Å². The summed E-state index contributed by atoms with van der Waals surface area (Å²) in [6.07, 6.45) is -0.485. The predicted octanol–water partition coefficient (Wildman–Crippen LogP) is 2.77. The van der Waals surface area contributed by atoms with Crippen molar-refractivity contribution in [3.8, 4) is 11.5 Å². The maximum Gasteiger partial charge on any atom is 0.160 e. The molecule has 1 heterocycles. The maximum absolute atomic E-state index is 11.1. The van der Waals surface area contributed by atoms with Gasteiger partial charge in [-0.15, -0.1) is 0 Å². The van der Waals surface area contributed by atoms with Gasteiger partial charge in [0.1, 0.15) is 18.1 Å². The highest BCUT2D eigenvalue weighted by Crippen LogP contribution is 2.41. The van der Waals surface area contributed by atoms with E-state index in [2.05, 4.69) is 18.3 Å². The van der Waals surface area contributed by atoms with E-state index in [0.717, 1.165) is 22.6 Å². The maximum atomic E-state index is 11.1. The quantitative estimate of drug-likeness (QED) is 0.911. The van der Waals surface area contributed by atoms with Crippen LogP contribution in [0.5, 0.6) is 11.5 Å². The van der Waals surface area contributed by atoms with Crippen LogP contribution in [0.3, 0.4) is 0 Å². The average molecular weight is 313 g/mol. The number of aryl methyl sites for hydroxylation is 2. The zero-order chi connectivity index (χ0) is 16.4. The third-order valence-corrected chi connectivity index (χ3v) is 4.23. The molecule has 122 valence electrons. The molecule has 0 saturated heterocycles. The molecule has 2 N–H and O–H groups in total. The van der Waals surface area contributed by atoms with Crippen LogP contribution in [-0.4, -0.2) is 30.9 Å².